The molecule has 1 saturated heterocycles. The van der Waals surface area contributed by atoms with E-state index in [1.807, 2.05) is 7.05 Å². The van der Waals surface area contributed by atoms with Crippen LogP contribution in [-0.2, 0) is 4.79 Å². The highest BCUT2D eigenvalue weighted by atomic mass is 35.5. The first kappa shape index (κ1) is 14.1. The molecule has 3 atom stereocenters. The van der Waals surface area contributed by atoms with Crippen molar-refractivity contribution in [3.05, 3.63) is 0 Å². The van der Waals surface area contributed by atoms with Gasteiger partial charge in [-0.1, -0.05) is 12.8 Å². The molecule has 1 amide bonds. The molecule has 1 aliphatic heterocycles. The van der Waals surface area contributed by atoms with Crippen molar-refractivity contribution in [3.8, 4) is 0 Å². The van der Waals surface area contributed by atoms with Gasteiger partial charge >= 0.3 is 0 Å². The van der Waals surface area contributed by atoms with E-state index in [1.54, 1.807) is 0 Å². The van der Waals surface area contributed by atoms with Gasteiger partial charge in [-0.25, -0.2) is 0 Å². The van der Waals surface area contributed by atoms with E-state index in [-0.39, 0.29) is 12.4 Å². The summed E-state index contributed by atoms with van der Waals surface area (Å²) in [7, 11) is 1.98. The number of likely N-dealkylation sites (N-methyl/N-ethyl adjacent to an activating group) is 1. The van der Waals surface area contributed by atoms with Gasteiger partial charge in [0.1, 0.15) is 0 Å². The summed E-state index contributed by atoms with van der Waals surface area (Å²) in [6, 6.07) is 0.468. The van der Waals surface area contributed by atoms with Gasteiger partial charge in [-0.15, -0.1) is 12.4 Å². The number of hydrogen-bond acceptors (Lipinski definition) is 2. The summed E-state index contributed by atoms with van der Waals surface area (Å²) < 4.78 is 0. The van der Waals surface area contributed by atoms with Crippen molar-refractivity contribution in [1.29, 1.82) is 0 Å². The van der Waals surface area contributed by atoms with Crippen molar-refractivity contribution in [2.75, 3.05) is 20.1 Å². The molecule has 1 heterocycles. The molecule has 104 valence electrons. The van der Waals surface area contributed by atoms with Crippen LogP contribution in [0.15, 0.2) is 0 Å². The molecule has 3 fully saturated rings. The quantitative estimate of drug-likeness (QED) is 0.853. The van der Waals surface area contributed by atoms with Crippen molar-refractivity contribution >= 4 is 18.3 Å². The molecule has 0 bridgehead atoms. The lowest BCUT2D eigenvalue weighted by atomic mass is 10.0. The zero-order chi connectivity index (χ0) is 11.8. The van der Waals surface area contributed by atoms with Crippen molar-refractivity contribution < 1.29 is 4.79 Å². The van der Waals surface area contributed by atoms with Crippen LogP contribution in [0.2, 0.25) is 0 Å². The second-order valence-corrected chi connectivity index (χ2v) is 6.02. The molecule has 2 saturated carbocycles. The first-order chi connectivity index (χ1) is 8.33. The number of carbonyl (C=O) groups excluding carboxylic acids is 1. The largest absolute Gasteiger partial charge is 0.338 e. The van der Waals surface area contributed by atoms with Crippen LogP contribution in [-0.4, -0.2) is 37.0 Å². The van der Waals surface area contributed by atoms with Crippen LogP contribution in [0.5, 0.6) is 0 Å². The summed E-state index contributed by atoms with van der Waals surface area (Å²) in [5, 5.41) is 3.22. The van der Waals surface area contributed by atoms with Gasteiger partial charge in [0.25, 0.3) is 0 Å². The summed E-state index contributed by atoms with van der Waals surface area (Å²) in [6.07, 6.45) is 7.71. The van der Waals surface area contributed by atoms with E-state index in [2.05, 4.69) is 10.2 Å². The third-order valence-corrected chi connectivity index (χ3v) is 5.04. The second kappa shape index (κ2) is 5.79. The average molecular weight is 273 g/mol. The summed E-state index contributed by atoms with van der Waals surface area (Å²) >= 11 is 0. The molecule has 0 aromatic heterocycles. The normalized spacial score (nSPS) is 37.9. The Balaban J connectivity index is 0.00000120. The second-order valence-electron chi connectivity index (χ2n) is 6.02. The van der Waals surface area contributed by atoms with Gasteiger partial charge in [0, 0.05) is 25.0 Å². The van der Waals surface area contributed by atoms with Gasteiger partial charge in [-0.2, -0.15) is 0 Å². The number of rotatable bonds is 3. The van der Waals surface area contributed by atoms with E-state index >= 15 is 0 Å². The molecule has 0 aromatic rings. The smallest absolute Gasteiger partial charge is 0.226 e. The number of carbonyl (C=O) groups is 1. The van der Waals surface area contributed by atoms with Crippen LogP contribution in [0.25, 0.3) is 0 Å². The fraction of sp³-hybridized carbons (Fsp3) is 0.929. The molecule has 3 nitrogen and oxygen atoms in total. The number of likely N-dealkylation sites (tertiary alicyclic amines) is 1. The fourth-order valence-corrected chi connectivity index (χ4v) is 4.12. The van der Waals surface area contributed by atoms with Crippen LogP contribution in [0, 0.1) is 17.8 Å². The maximum absolute atomic E-state index is 12.6. The molecule has 3 rings (SSSR count). The van der Waals surface area contributed by atoms with Crippen molar-refractivity contribution in [2.45, 2.75) is 44.6 Å². The molecule has 1 N–H and O–H groups in total. The van der Waals surface area contributed by atoms with Crippen molar-refractivity contribution in [1.82, 2.24) is 10.2 Å². The van der Waals surface area contributed by atoms with E-state index in [1.165, 1.54) is 38.5 Å². The summed E-state index contributed by atoms with van der Waals surface area (Å²) in [5.74, 6) is 2.41. The molecule has 3 aliphatic rings. The molecule has 18 heavy (non-hydrogen) atoms. The number of nitrogens with one attached hydrogen (secondary N) is 1. The van der Waals surface area contributed by atoms with E-state index in [4.69, 9.17) is 0 Å². The first-order valence-electron chi connectivity index (χ1n) is 7.28. The van der Waals surface area contributed by atoms with Gasteiger partial charge in [-0.05, 0) is 44.6 Å². The minimum absolute atomic E-state index is 0. The maximum Gasteiger partial charge on any atom is 0.226 e. The van der Waals surface area contributed by atoms with E-state index in [0.29, 0.717) is 17.9 Å². The Morgan fingerprint density at radius 3 is 2.44 bits per heavy atom. The molecule has 0 aromatic carbocycles. The van der Waals surface area contributed by atoms with Gasteiger partial charge < -0.3 is 10.2 Å². The average Bonchev–Trinajstić information content (AvgIpc) is 2.90. The number of nitrogens with zero attached hydrogens (tertiary/aromatic N) is 1. The lowest BCUT2D eigenvalue weighted by molar-refractivity contribution is -0.133. The summed E-state index contributed by atoms with van der Waals surface area (Å²) in [5.41, 5.74) is 0. The predicted octanol–water partition coefficient (Wildman–Crippen LogP) is 2.05. The Morgan fingerprint density at radius 2 is 1.83 bits per heavy atom. The predicted molar refractivity (Wildman–Crippen MR) is 74.8 cm³/mol. The molecule has 4 heteroatoms. The monoisotopic (exact) mass is 272 g/mol. The van der Waals surface area contributed by atoms with Gasteiger partial charge in [0.2, 0.25) is 5.91 Å². The maximum atomic E-state index is 12.6. The Labute approximate surface area is 116 Å². The minimum Gasteiger partial charge on any atom is -0.338 e. The highest BCUT2D eigenvalue weighted by Gasteiger charge is 2.56. The van der Waals surface area contributed by atoms with E-state index in [0.717, 1.165) is 24.9 Å². The highest BCUT2D eigenvalue weighted by molar-refractivity contribution is 5.85. The van der Waals surface area contributed by atoms with Crippen LogP contribution in [0.1, 0.15) is 38.5 Å². The van der Waals surface area contributed by atoms with E-state index < -0.39 is 0 Å². The molecular formula is C14H25ClN2O. The van der Waals surface area contributed by atoms with Crippen LogP contribution >= 0.6 is 12.4 Å². The van der Waals surface area contributed by atoms with Crippen LogP contribution < -0.4 is 5.32 Å². The number of amides is 1. The SMILES string of the molecule is CNCC1CCCN1C(=O)C1C2CCCCC21.Cl. The third-order valence-electron chi connectivity index (χ3n) is 5.04. The topological polar surface area (TPSA) is 32.3 Å². The molecular weight excluding hydrogens is 248 g/mol. The lowest BCUT2D eigenvalue weighted by Crippen LogP contribution is -2.42. The van der Waals surface area contributed by atoms with Gasteiger partial charge in [0.15, 0.2) is 0 Å². The minimum atomic E-state index is 0. The Bertz CT molecular complexity index is 298. The summed E-state index contributed by atoms with van der Waals surface area (Å²) in [6.45, 7) is 1.97. The third kappa shape index (κ3) is 2.39. The lowest BCUT2D eigenvalue weighted by Gasteiger charge is -2.25. The summed E-state index contributed by atoms with van der Waals surface area (Å²) in [4.78, 5) is 14.7. The van der Waals surface area contributed by atoms with Crippen molar-refractivity contribution in [2.24, 2.45) is 17.8 Å². The fourth-order valence-electron chi connectivity index (χ4n) is 4.12. The van der Waals surface area contributed by atoms with Crippen LogP contribution in [0.4, 0.5) is 0 Å². The number of fused-ring (bicyclic) bond motifs is 1. The first-order valence-corrected chi connectivity index (χ1v) is 7.28. The highest BCUT2D eigenvalue weighted by Crippen LogP contribution is 2.56. The van der Waals surface area contributed by atoms with Crippen LogP contribution in [0.3, 0.4) is 0 Å². The standard InChI is InChI=1S/C14H24N2O.ClH/c1-15-9-10-5-4-8-16(10)14(17)13-11-6-2-3-7-12(11)13;/h10-13,15H,2-9H2,1H3;1H. The molecule has 0 spiro atoms. The molecule has 0 radical (unpaired) electrons. The van der Waals surface area contributed by atoms with Gasteiger partial charge in [0.05, 0.1) is 0 Å². The zero-order valence-electron chi connectivity index (χ0n) is 11.2. The number of halogens is 1. The molecule has 3 unspecified atom stereocenters. The van der Waals surface area contributed by atoms with Gasteiger partial charge in [-0.3, -0.25) is 4.79 Å². The zero-order valence-corrected chi connectivity index (χ0v) is 12.0. The Morgan fingerprint density at radius 1 is 1.17 bits per heavy atom. The Hall–Kier alpha value is -0.280. The van der Waals surface area contributed by atoms with E-state index in [9.17, 15) is 4.79 Å². The van der Waals surface area contributed by atoms with Crippen molar-refractivity contribution in [3.63, 3.8) is 0 Å². The number of hydrogen-bond donors (Lipinski definition) is 1. The molecule has 2 aliphatic carbocycles. The Kier molecular flexibility index (Phi) is 4.54.